The van der Waals surface area contributed by atoms with E-state index in [1.165, 1.54) is 0 Å². The normalized spacial score (nSPS) is 9.90. The Balaban J connectivity index is 1.90. The summed E-state index contributed by atoms with van der Waals surface area (Å²) in [6, 6.07) is 8.94. The molecule has 1 amide bonds. The Morgan fingerprint density at radius 3 is 2.85 bits per heavy atom. The van der Waals surface area contributed by atoms with Crippen LogP contribution in [0.3, 0.4) is 0 Å². The van der Waals surface area contributed by atoms with E-state index in [-0.39, 0.29) is 12.5 Å². The minimum absolute atomic E-state index is 0.0680. The van der Waals surface area contributed by atoms with Gasteiger partial charge in [0, 0.05) is 12.3 Å². The van der Waals surface area contributed by atoms with E-state index in [9.17, 15) is 4.79 Å². The van der Waals surface area contributed by atoms with E-state index >= 15 is 0 Å². The topological polar surface area (TPSA) is 60.5 Å². The number of rotatable bonds is 5. The van der Waals surface area contributed by atoms with Crippen LogP contribution in [-0.2, 0) is 4.79 Å². The lowest BCUT2D eigenvalue weighted by molar-refractivity contribution is -0.118. The molecule has 0 unspecified atom stereocenters. The predicted molar refractivity (Wildman–Crippen MR) is 76.1 cm³/mol. The summed E-state index contributed by atoms with van der Waals surface area (Å²) in [4.78, 5) is 15.8. The second kappa shape index (κ2) is 6.56. The van der Waals surface area contributed by atoms with Gasteiger partial charge in [-0.3, -0.25) is 9.78 Å². The number of benzene rings is 1. The average molecular weight is 272 g/mol. The highest BCUT2D eigenvalue weighted by Crippen LogP contribution is 2.19. The maximum atomic E-state index is 11.8. The summed E-state index contributed by atoms with van der Waals surface area (Å²) in [6.45, 7) is 1.84. The summed E-state index contributed by atoms with van der Waals surface area (Å²) in [7, 11) is 1.58. The summed E-state index contributed by atoms with van der Waals surface area (Å²) in [5, 5.41) is 2.75. The number of amides is 1. The molecule has 1 heterocycles. The summed E-state index contributed by atoms with van der Waals surface area (Å²) in [5.74, 6) is 1.04. The number of carbonyl (C=O) groups excluding carboxylic acids is 1. The van der Waals surface area contributed by atoms with Gasteiger partial charge in [0.25, 0.3) is 5.91 Å². The molecule has 0 saturated heterocycles. The quantitative estimate of drug-likeness (QED) is 0.908. The highest BCUT2D eigenvalue weighted by molar-refractivity contribution is 5.92. The molecule has 1 N–H and O–H groups in total. The van der Waals surface area contributed by atoms with Crippen LogP contribution in [0.25, 0.3) is 0 Å². The Hall–Kier alpha value is -2.56. The maximum absolute atomic E-state index is 11.8. The minimum atomic E-state index is -0.232. The molecular weight excluding hydrogens is 256 g/mol. The van der Waals surface area contributed by atoms with E-state index in [2.05, 4.69) is 10.3 Å². The maximum Gasteiger partial charge on any atom is 0.262 e. The van der Waals surface area contributed by atoms with Gasteiger partial charge in [0.05, 0.1) is 19.0 Å². The van der Waals surface area contributed by atoms with Crippen LogP contribution in [0.4, 0.5) is 5.69 Å². The largest absolute Gasteiger partial charge is 0.497 e. The van der Waals surface area contributed by atoms with Crippen LogP contribution < -0.4 is 14.8 Å². The van der Waals surface area contributed by atoms with E-state index in [0.717, 1.165) is 5.56 Å². The Morgan fingerprint density at radius 1 is 1.30 bits per heavy atom. The first-order chi connectivity index (χ1) is 9.69. The van der Waals surface area contributed by atoms with Crippen LogP contribution >= 0.6 is 0 Å². The first-order valence-electron chi connectivity index (χ1n) is 6.16. The number of aromatic nitrogens is 1. The van der Waals surface area contributed by atoms with Crippen molar-refractivity contribution in [1.29, 1.82) is 0 Å². The molecule has 1 aromatic heterocycles. The van der Waals surface area contributed by atoms with Gasteiger partial charge in [-0.25, -0.2) is 0 Å². The summed E-state index contributed by atoms with van der Waals surface area (Å²) in [5.41, 5.74) is 1.64. The SMILES string of the molecule is COc1cccc(OCC(=O)Nc2cnccc2C)c1. The van der Waals surface area contributed by atoms with Gasteiger partial charge in [-0.2, -0.15) is 0 Å². The molecular formula is C15H16N2O3. The average Bonchev–Trinajstić information content (AvgIpc) is 2.48. The Morgan fingerprint density at radius 2 is 2.10 bits per heavy atom. The van der Waals surface area contributed by atoms with Crippen LogP contribution in [0, 0.1) is 6.92 Å². The van der Waals surface area contributed by atoms with Crippen molar-refractivity contribution in [3.8, 4) is 11.5 Å². The fourth-order valence-corrected chi connectivity index (χ4v) is 1.62. The number of nitrogens with zero attached hydrogens (tertiary/aromatic N) is 1. The molecule has 1 aromatic carbocycles. The lowest BCUT2D eigenvalue weighted by Gasteiger charge is -2.09. The minimum Gasteiger partial charge on any atom is -0.497 e. The molecule has 0 radical (unpaired) electrons. The molecule has 0 aliphatic carbocycles. The number of ether oxygens (including phenoxy) is 2. The van der Waals surface area contributed by atoms with Crippen molar-refractivity contribution in [2.24, 2.45) is 0 Å². The lowest BCUT2D eigenvalue weighted by Crippen LogP contribution is -2.20. The first-order valence-corrected chi connectivity index (χ1v) is 6.16. The summed E-state index contributed by atoms with van der Waals surface area (Å²) in [6.07, 6.45) is 3.29. The first kappa shape index (κ1) is 13.9. The number of anilines is 1. The molecule has 0 bridgehead atoms. The van der Waals surface area contributed by atoms with Gasteiger partial charge in [0.1, 0.15) is 11.5 Å². The van der Waals surface area contributed by atoms with Gasteiger partial charge in [-0.15, -0.1) is 0 Å². The molecule has 0 spiro atoms. The van der Waals surface area contributed by atoms with Crippen LogP contribution in [0.5, 0.6) is 11.5 Å². The van der Waals surface area contributed by atoms with E-state index < -0.39 is 0 Å². The summed E-state index contributed by atoms with van der Waals surface area (Å²) >= 11 is 0. The Kier molecular flexibility index (Phi) is 4.55. The Bertz CT molecular complexity index is 599. The van der Waals surface area contributed by atoms with Crippen molar-refractivity contribution in [1.82, 2.24) is 4.98 Å². The zero-order chi connectivity index (χ0) is 14.4. The van der Waals surface area contributed by atoms with Crippen molar-refractivity contribution in [3.05, 3.63) is 48.3 Å². The zero-order valence-corrected chi connectivity index (χ0v) is 11.4. The van der Waals surface area contributed by atoms with Crippen LogP contribution in [0.15, 0.2) is 42.7 Å². The van der Waals surface area contributed by atoms with Gasteiger partial charge in [0.15, 0.2) is 6.61 Å². The van der Waals surface area contributed by atoms with Gasteiger partial charge in [-0.1, -0.05) is 6.07 Å². The second-order valence-corrected chi connectivity index (χ2v) is 4.21. The molecule has 0 saturated carbocycles. The zero-order valence-electron chi connectivity index (χ0n) is 11.4. The molecule has 5 nitrogen and oxygen atoms in total. The number of carbonyl (C=O) groups is 1. The van der Waals surface area contributed by atoms with Gasteiger partial charge < -0.3 is 14.8 Å². The fourth-order valence-electron chi connectivity index (χ4n) is 1.62. The Labute approximate surface area is 117 Å². The third-order valence-corrected chi connectivity index (χ3v) is 2.72. The van der Waals surface area contributed by atoms with Crippen LogP contribution in [0.1, 0.15) is 5.56 Å². The van der Waals surface area contributed by atoms with E-state index in [4.69, 9.17) is 9.47 Å². The summed E-state index contributed by atoms with van der Waals surface area (Å²) < 4.78 is 10.5. The number of aryl methyl sites for hydroxylation is 1. The van der Waals surface area contributed by atoms with Crippen LogP contribution in [0.2, 0.25) is 0 Å². The highest BCUT2D eigenvalue weighted by Gasteiger charge is 2.06. The molecule has 2 rings (SSSR count). The standard InChI is InChI=1S/C15H16N2O3/c1-11-6-7-16-9-14(11)17-15(18)10-20-13-5-3-4-12(8-13)19-2/h3-9H,10H2,1-2H3,(H,17,18). The molecule has 104 valence electrons. The number of hydrogen-bond donors (Lipinski definition) is 1. The third-order valence-electron chi connectivity index (χ3n) is 2.72. The highest BCUT2D eigenvalue weighted by atomic mass is 16.5. The number of methoxy groups -OCH3 is 1. The number of pyridine rings is 1. The number of hydrogen-bond acceptors (Lipinski definition) is 4. The predicted octanol–water partition coefficient (Wildman–Crippen LogP) is 2.42. The molecule has 20 heavy (non-hydrogen) atoms. The molecule has 0 aliphatic rings. The number of nitrogens with one attached hydrogen (secondary N) is 1. The molecule has 0 aliphatic heterocycles. The molecule has 2 aromatic rings. The van der Waals surface area contributed by atoms with Crippen molar-refractivity contribution in [2.45, 2.75) is 6.92 Å². The molecule has 0 fully saturated rings. The van der Waals surface area contributed by atoms with Gasteiger partial charge in [-0.05, 0) is 30.7 Å². The van der Waals surface area contributed by atoms with Crippen molar-refractivity contribution in [2.75, 3.05) is 19.0 Å². The van der Waals surface area contributed by atoms with Crippen molar-refractivity contribution < 1.29 is 14.3 Å². The smallest absolute Gasteiger partial charge is 0.262 e. The van der Waals surface area contributed by atoms with E-state index in [1.807, 2.05) is 19.1 Å². The lowest BCUT2D eigenvalue weighted by atomic mass is 10.2. The van der Waals surface area contributed by atoms with Crippen LogP contribution in [-0.4, -0.2) is 24.6 Å². The fraction of sp³-hybridized carbons (Fsp3) is 0.200. The van der Waals surface area contributed by atoms with E-state index in [0.29, 0.717) is 17.2 Å². The van der Waals surface area contributed by atoms with Gasteiger partial charge >= 0.3 is 0 Å². The molecule has 0 atom stereocenters. The van der Waals surface area contributed by atoms with Crippen molar-refractivity contribution >= 4 is 11.6 Å². The van der Waals surface area contributed by atoms with E-state index in [1.54, 1.807) is 37.7 Å². The van der Waals surface area contributed by atoms with Crippen molar-refractivity contribution in [3.63, 3.8) is 0 Å². The molecule has 5 heteroatoms. The third kappa shape index (κ3) is 3.71. The van der Waals surface area contributed by atoms with Gasteiger partial charge in [0.2, 0.25) is 0 Å². The monoisotopic (exact) mass is 272 g/mol. The second-order valence-electron chi connectivity index (χ2n) is 4.21.